The van der Waals surface area contributed by atoms with E-state index in [-0.39, 0.29) is 12.2 Å². The Labute approximate surface area is 117 Å². The summed E-state index contributed by atoms with van der Waals surface area (Å²) in [5, 5.41) is 17.5. The fourth-order valence-corrected chi connectivity index (χ4v) is 1.28. The van der Waals surface area contributed by atoms with Gasteiger partial charge in [-0.1, -0.05) is 0 Å². The molecule has 7 heteroatoms. The van der Waals surface area contributed by atoms with Crippen molar-refractivity contribution in [2.45, 2.75) is 32.8 Å². The Bertz CT molecular complexity index is 460. The Kier molecular flexibility index (Phi) is 6.34. The Morgan fingerprint density at radius 1 is 1.25 bits per heavy atom. The van der Waals surface area contributed by atoms with Gasteiger partial charge < -0.3 is 26.4 Å². The molecule has 6 N–H and O–H groups in total. The van der Waals surface area contributed by atoms with E-state index in [1.165, 1.54) is 18.2 Å². The standard InChI is InChI=1S/C8H9NO3.C5H11NO2/c9-6-1-5(3-8(11)12)2-7(10)4-6;1-5(2,3)8-4(6)7/h1-2,4,10H,3,9H2,(H,11,12);1-3H3,(H2,6,7). The molecule has 0 unspecified atom stereocenters. The van der Waals surface area contributed by atoms with E-state index in [2.05, 4.69) is 4.74 Å². The minimum absolute atomic E-state index is 0.00810. The number of hydrogen-bond donors (Lipinski definition) is 4. The fraction of sp³-hybridized carbons (Fsp3) is 0.385. The second-order valence-corrected chi connectivity index (χ2v) is 5.04. The lowest BCUT2D eigenvalue weighted by Crippen LogP contribution is -2.27. The number of benzene rings is 1. The molecule has 0 saturated heterocycles. The zero-order valence-corrected chi connectivity index (χ0v) is 11.7. The van der Waals surface area contributed by atoms with E-state index < -0.39 is 17.7 Å². The van der Waals surface area contributed by atoms with E-state index in [0.29, 0.717) is 11.3 Å². The second-order valence-electron chi connectivity index (χ2n) is 5.04. The van der Waals surface area contributed by atoms with Crippen molar-refractivity contribution in [3.05, 3.63) is 23.8 Å². The van der Waals surface area contributed by atoms with E-state index in [1.807, 2.05) is 0 Å². The lowest BCUT2D eigenvalue weighted by molar-refractivity contribution is -0.136. The van der Waals surface area contributed by atoms with Gasteiger partial charge in [0.15, 0.2) is 0 Å². The average molecular weight is 284 g/mol. The first-order chi connectivity index (χ1) is 8.99. The molecule has 0 heterocycles. The number of aromatic hydroxyl groups is 1. The summed E-state index contributed by atoms with van der Waals surface area (Å²) >= 11 is 0. The third-order valence-corrected chi connectivity index (χ3v) is 1.76. The normalized spacial score (nSPS) is 10.2. The van der Waals surface area contributed by atoms with Crippen molar-refractivity contribution in [1.29, 1.82) is 0 Å². The molecule has 0 radical (unpaired) electrons. The molecule has 1 aromatic carbocycles. The van der Waals surface area contributed by atoms with Gasteiger partial charge in [-0.3, -0.25) is 4.79 Å². The molecule has 0 aromatic heterocycles. The molecule has 7 nitrogen and oxygen atoms in total. The highest BCUT2D eigenvalue weighted by atomic mass is 16.6. The molecule has 112 valence electrons. The van der Waals surface area contributed by atoms with E-state index in [9.17, 15) is 9.59 Å². The van der Waals surface area contributed by atoms with Crippen molar-refractivity contribution in [3.63, 3.8) is 0 Å². The Hall–Kier alpha value is -2.44. The maximum Gasteiger partial charge on any atom is 0.405 e. The summed E-state index contributed by atoms with van der Waals surface area (Å²) in [6.45, 7) is 5.28. The Balaban J connectivity index is 0.000000396. The quantitative estimate of drug-likeness (QED) is 0.607. The van der Waals surface area contributed by atoms with Crippen LogP contribution in [0.1, 0.15) is 26.3 Å². The van der Waals surface area contributed by atoms with Gasteiger partial charge in [0, 0.05) is 11.8 Å². The van der Waals surface area contributed by atoms with Crippen LogP contribution in [0.3, 0.4) is 0 Å². The van der Waals surface area contributed by atoms with Crippen LogP contribution < -0.4 is 11.5 Å². The summed E-state index contributed by atoms with van der Waals surface area (Å²) < 4.78 is 4.58. The molecule has 1 aromatic rings. The largest absolute Gasteiger partial charge is 0.508 e. The topological polar surface area (TPSA) is 136 Å². The van der Waals surface area contributed by atoms with E-state index >= 15 is 0 Å². The summed E-state index contributed by atoms with van der Waals surface area (Å²) in [4.78, 5) is 20.3. The number of ether oxygens (including phenoxy) is 1. The van der Waals surface area contributed by atoms with Crippen LogP contribution in [0.2, 0.25) is 0 Å². The minimum Gasteiger partial charge on any atom is -0.508 e. The molecule has 20 heavy (non-hydrogen) atoms. The number of hydrogen-bond acceptors (Lipinski definition) is 5. The van der Waals surface area contributed by atoms with E-state index in [1.54, 1.807) is 20.8 Å². The molecule has 0 aliphatic carbocycles. The number of rotatable bonds is 2. The van der Waals surface area contributed by atoms with Gasteiger partial charge >= 0.3 is 12.1 Å². The lowest BCUT2D eigenvalue weighted by atomic mass is 10.1. The number of carboxylic acid groups (broad SMARTS) is 1. The summed E-state index contributed by atoms with van der Waals surface area (Å²) in [7, 11) is 0. The van der Waals surface area contributed by atoms with Crippen LogP contribution in [-0.4, -0.2) is 27.9 Å². The number of anilines is 1. The molecule has 1 rings (SSSR count). The smallest absolute Gasteiger partial charge is 0.405 e. The van der Waals surface area contributed by atoms with Crippen LogP contribution in [0.4, 0.5) is 10.5 Å². The fourth-order valence-electron chi connectivity index (χ4n) is 1.28. The Morgan fingerprint density at radius 3 is 2.10 bits per heavy atom. The molecule has 0 spiro atoms. The van der Waals surface area contributed by atoms with Crippen molar-refractivity contribution >= 4 is 17.7 Å². The van der Waals surface area contributed by atoms with Gasteiger partial charge in [-0.05, 0) is 38.5 Å². The predicted octanol–water partition coefficient (Wildman–Crippen LogP) is 1.48. The van der Waals surface area contributed by atoms with Crippen LogP contribution in [0, 0.1) is 0 Å². The average Bonchev–Trinajstić information content (AvgIpc) is 2.09. The number of nitrogens with two attached hydrogens (primary N) is 2. The van der Waals surface area contributed by atoms with Crippen LogP contribution in [0.15, 0.2) is 18.2 Å². The molecule has 0 atom stereocenters. The zero-order chi connectivity index (χ0) is 15.9. The number of nitrogen functional groups attached to an aromatic ring is 1. The van der Waals surface area contributed by atoms with Gasteiger partial charge in [-0.2, -0.15) is 0 Å². The number of amides is 1. The molecule has 1 amide bonds. The molecule has 0 aliphatic heterocycles. The number of carbonyl (C=O) groups excluding carboxylic acids is 1. The SMILES string of the molecule is CC(C)(C)OC(N)=O.Nc1cc(O)cc(CC(=O)O)c1. The first-order valence-electron chi connectivity index (χ1n) is 5.78. The van der Waals surface area contributed by atoms with Gasteiger partial charge in [0.25, 0.3) is 0 Å². The van der Waals surface area contributed by atoms with E-state index in [0.717, 1.165) is 0 Å². The van der Waals surface area contributed by atoms with Gasteiger partial charge in [-0.15, -0.1) is 0 Å². The Morgan fingerprint density at radius 2 is 1.80 bits per heavy atom. The third-order valence-electron chi connectivity index (χ3n) is 1.76. The van der Waals surface area contributed by atoms with Crippen molar-refractivity contribution in [3.8, 4) is 5.75 Å². The van der Waals surface area contributed by atoms with Crippen LogP contribution in [0.25, 0.3) is 0 Å². The second kappa shape index (κ2) is 7.22. The highest BCUT2D eigenvalue weighted by Crippen LogP contribution is 2.17. The number of aliphatic carboxylic acids is 1. The highest BCUT2D eigenvalue weighted by molar-refractivity contribution is 5.71. The van der Waals surface area contributed by atoms with Crippen molar-refractivity contribution in [2.75, 3.05) is 5.73 Å². The molecule has 0 bridgehead atoms. The summed E-state index contributed by atoms with van der Waals surface area (Å²) in [5.74, 6) is -0.953. The monoisotopic (exact) mass is 284 g/mol. The number of primary amides is 1. The van der Waals surface area contributed by atoms with Gasteiger partial charge in [0.05, 0.1) is 6.42 Å². The number of phenolic OH excluding ortho intramolecular Hbond substituents is 1. The summed E-state index contributed by atoms with van der Waals surface area (Å²) in [6.07, 6.45) is -0.851. The number of phenols is 1. The maximum absolute atomic E-state index is 10.3. The van der Waals surface area contributed by atoms with Crippen LogP contribution >= 0.6 is 0 Å². The third kappa shape index (κ3) is 9.58. The highest BCUT2D eigenvalue weighted by Gasteiger charge is 2.12. The first-order valence-corrected chi connectivity index (χ1v) is 5.78. The minimum atomic E-state index is -0.944. The molecular formula is C13H20N2O5. The maximum atomic E-state index is 10.3. The van der Waals surface area contributed by atoms with Crippen molar-refractivity contribution in [1.82, 2.24) is 0 Å². The van der Waals surface area contributed by atoms with Crippen molar-refractivity contribution < 1.29 is 24.5 Å². The lowest BCUT2D eigenvalue weighted by Gasteiger charge is -2.16. The molecule has 0 saturated carbocycles. The molecule has 0 aliphatic rings. The number of carbonyl (C=O) groups is 2. The van der Waals surface area contributed by atoms with Gasteiger partial charge in [-0.25, -0.2) is 4.79 Å². The van der Waals surface area contributed by atoms with E-state index in [4.69, 9.17) is 21.7 Å². The summed E-state index contributed by atoms with van der Waals surface area (Å²) in [6, 6.07) is 4.27. The zero-order valence-electron chi connectivity index (χ0n) is 11.7. The van der Waals surface area contributed by atoms with Gasteiger partial charge in [0.2, 0.25) is 0 Å². The summed E-state index contributed by atoms with van der Waals surface area (Å²) in [5.41, 5.74) is 10.5. The van der Waals surface area contributed by atoms with Crippen LogP contribution in [0.5, 0.6) is 5.75 Å². The van der Waals surface area contributed by atoms with Crippen molar-refractivity contribution in [2.24, 2.45) is 5.73 Å². The predicted molar refractivity (Wildman–Crippen MR) is 74.3 cm³/mol. The van der Waals surface area contributed by atoms with Crippen LogP contribution in [-0.2, 0) is 16.0 Å². The first kappa shape index (κ1) is 17.6. The van der Waals surface area contributed by atoms with Gasteiger partial charge in [0.1, 0.15) is 11.4 Å². The molecular weight excluding hydrogens is 264 g/mol. The molecule has 0 fully saturated rings. The number of carboxylic acids is 1.